The molecule has 0 aliphatic heterocycles. The highest BCUT2D eigenvalue weighted by atomic mass is 16.1. The van der Waals surface area contributed by atoms with Gasteiger partial charge >= 0.3 is 0 Å². The third-order valence-corrected chi connectivity index (χ3v) is 1.78. The molecule has 0 radical (unpaired) electrons. The van der Waals surface area contributed by atoms with E-state index in [4.69, 9.17) is 0 Å². The lowest BCUT2D eigenvalue weighted by atomic mass is 10.4. The van der Waals surface area contributed by atoms with E-state index in [9.17, 15) is 4.79 Å². The molecule has 1 amide bonds. The van der Waals surface area contributed by atoms with Gasteiger partial charge in [0.2, 0.25) is 5.91 Å². The van der Waals surface area contributed by atoms with Crippen molar-refractivity contribution >= 4 is 5.91 Å². The van der Waals surface area contributed by atoms with Gasteiger partial charge < -0.3 is 10.6 Å². The van der Waals surface area contributed by atoms with Crippen LogP contribution in [0.4, 0.5) is 0 Å². The lowest BCUT2D eigenvalue weighted by Gasteiger charge is -2.03. The van der Waals surface area contributed by atoms with Crippen LogP contribution < -0.4 is 10.6 Å². The van der Waals surface area contributed by atoms with Gasteiger partial charge in [-0.1, -0.05) is 5.21 Å². The second-order valence-corrected chi connectivity index (χ2v) is 2.87. The summed E-state index contributed by atoms with van der Waals surface area (Å²) in [5.74, 6) is 0.00533. The van der Waals surface area contributed by atoms with Crippen molar-refractivity contribution in [3.05, 3.63) is 12.4 Å². The Morgan fingerprint density at radius 1 is 1.57 bits per heavy atom. The molecule has 0 unspecified atom stereocenters. The van der Waals surface area contributed by atoms with E-state index in [1.807, 2.05) is 6.20 Å². The number of amides is 1. The highest BCUT2D eigenvalue weighted by molar-refractivity contribution is 5.77. The topological polar surface area (TPSA) is 71.8 Å². The van der Waals surface area contributed by atoms with Crippen molar-refractivity contribution in [2.45, 2.75) is 13.0 Å². The molecule has 0 aromatic carbocycles. The first-order valence-electron chi connectivity index (χ1n) is 4.58. The molecule has 1 heterocycles. The first-order valence-corrected chi connectivity index (χ1v) is 4.58. The lowest BCUT2D eigenvalue weighted by Crippen LogP contribution is -2.32. The van der Waals surface area contributed by atoms with E-state index in [0.717, 1.165) is 19.5 Å². The molecule has 0 bridgehead atoms. The number of rotatable bonds is 6. The quantitative estimate of drug-likeness (QED) is 0.574. The molecular weight excluding hydrogens is 182 g/mol. The summed E-state index contributed by atoms with van der Waals surface area (Å²) in [5.41, 5.74) is 0. The van der Waals surface area contributed by atoms with Gasteiger partial charge in [0.05, 0.1) is 12.7 Å². The minimum absolute atomic E-state index is 0.00533. The smallest absolute Gasteiger partial charge is 0.233 e. The van der Waals surface area contributed by atoms with Crippen LogP contribution in [0.5, 0.6) is 0 Å². The van der Waals surface area contributed by atoms with Crippen LogP contribution in [0.15, 0.2) is 12.4 Å². The molecule has 1 rings (SSSR count). The predicted octanol–water partition coefficient (Wildman–Crippen LogP) is -0.996. The average molecular weight is 197 g/mol. The van der Waals surface area contributed by atoms with E-state index >= 15 is 0 Å². The fourth-order valence-electron chi connectivity index (χ4n) is 1.01. The number of aromatic nitrogens is 3. The maximum Gasteiger partial charge on any atom is 0.233 e. The first kappa shape index (κ1) is 10.6. The zero-order valence-electron chi connectivity index (χ0n) is 8.23. The second kappa shape index (κ2) is 6.09. The SMILES string of the molecule is CNC(=O)CNCCCn1ccnn1. The van der Waals surface area contributed by atoms with Crippen LogP contribution in [0.1, 0.15) is 6.42 Å². The summed E-state index contributed by atoms with van der Waals surface area (Å²) in [7, 11) is 1.62. The molecule has 2 N–H and O–H groups in total. The van der Waals surface area contributed by atoms with E-state index in [2.05, 4.69) is 20.9 Å². The van der Waals surface area contributed by atoms with E-state index in [0.29, 0.717) is 6.54 Å². The van der Waals surface area contributed by atoms with Gasteiger partial charge in [-0.15, -0.1) is 5.10 Å². The van der Waals surface area contributed by atoms with E-state index < -0.39 is 0 Å². The fraction of sp³-hybridized carbons (Fsp3) is 0.625. The Labute approximate surface area is 82.7 Å². The van der Waals surface area contributed by atoms with Gasteiger partial charge in [0.25, 0.3) is 0 Å². The molecule has 0 aliphatic rings. The maximum atomic E-state index is 10.8. The number of nitrogens with one attached hydrogen (secondary N) is 2. The van der Waals surface area contributed by atoms with Crippen molar-refractivity contribution < 1.29 is 4.79 Å². The third kappa shape index (κ3) is 3.99. The molecule has 14 heavy (non-hydrogen) atoms. The van der Waals surface area contributed by atoms with E-state index in [-0.39, 0.29) is 5.91 Å². The molecule has 0 saturated heterocycles. The molecule has 78 valence electrons. The molecule has 1 aromatic rings. The maximum absolute atomic E-state index is 10.8. The van der Waals surface area contributed by atoms with Gasteiger partial charge in [0.15, 0.2) is 0 Å². The van der Waals surface area contributed by atoms with Crippen LogP contribution in [0.2, 0.25) is 0 Å². The summed E-state index contributed by atoms with van der Waals surface area (Å²) < 4.78 is 1.77. The van der Waals surface area contributed by atoms with Crippen molar-refractivity contribution in [2.75, 3.05) is 20.1 Å². The molecular formula is C8H15N5O. The Kier molecular flexibility index (Phi) is 4.63. The largest absolute Gasteiger partial charge is 0.358 e. The molecule has 0 atom stereocenters. The number of likely N-dealkylation sites (N-methyl/N-ethyl adjacent to an activating group) is 1. The Hall–Kier alpha value is -1.43. The molecule has 6 heteroatoms. The molecule has 0 fully saturated rings. The van der Waals surface area contributed by atoms with Crippen molar-refractivity contribution in [2.24, 2.45) is 0 Å². The van der Waals surface area contributed by atoms with Crippen molar-refractivity contribution in [3.8, 4) is 0 Å². The Balaban J connectivity index is 1.97. The zero-order chi connectivity index (χ0) is 10.2. The van der Waals surface area contributed by atoms with Crippen LogP contribution in [0.3, 0.4) is 0 Å². The molecule has 0 saturated carbocycles. The fourth-order valence-corrected chi connectivity index (χ4v) is 1.01. The van der Waals surface area contributed by atoms with Crippen LogP contribution in [0.25, 0.3) is 0 Å². The standard InChI is InChI=1S/C8H15N5O/c1-9-8(14)7-10-3-2-5-13-6-4-11-12-13/h4,6,10H,2-3,5,7H2,1H3,(H,9,14). The number of aryl methyl sites for hydroxylation is 1. The number of nitrogens with zero attached hydrogens (tertiary/aromatic N) is 3. The van der Waals surface area contributed by atoms with Crippen LogP contribution in [-0.4, -0.2) is 41.0 Å². The molecule has 0 aliphatic carbocycles. The summed E-state index contributed by atoms with van der Waals surface area (Å²) >= 11 is 0. The summed E-state index contributed by atoms with van der Waals surface area (Å²) in [5, 5.41) is 13.1. The van der Waals surface area contributed by atoms with Crippen LogP contribution in [-0.2, 0) is 11.3 Å². The molecule has 6 nitrogen and oxygen atoms in total. The highest BCUT2D eigenvalue weighted by Crippen LogP contribution is 1.85. The summed E-state index contributed by atoms with van der Waals surface area (Å²) in [6, 6.07) is 0. The van der Waals surface area contributed by atoms with Gasteiger partial charge in [0, 0.05) is 19.8 Å². The van der Waals surface area contributed by atoms with Crippen molar-refractivity contribution in [1.29, 1.82) is 0 Å². The zero-order valence-corrected chi connectivity index (χ0v) is 8.23. The molecule has 1 aromatic heterocycles. The minimum atomic E-state index is 0.00533. The van der Waals surface area contributed by atoms with Gasteiger partial charge in [-0.05, 0) is 13.0 Å². The summed E-state index contributed by atoms with van der Waals surface area (Å²) in [6.45, 7) is 1.99. The van der Waals surface area contributed by atoms with E-state index in [1.165, 1.54) is 0 Å². The second-order valence-electron chi connectivity index (χ2n) is 2.87. The Bertz CT molecular complexity index is 259. The van der Waals surface area contributed by atoms with Gasteiger partial charge in [-0.25, -0.2) is 0 Å². The van der Waals surface area contributed by atoms with Crippen LogP contribution in [0, 0.1) is 0 Å². The summed E-state index contributed by atoms with van der Waals surface area (Å²) in [6.07, 6.45) is 4.40. The monoisotopic (exact) mass is 197 g/mol. The number of carbonyl (C=O) groups is 1. The van der Waals surface area contributed by atoms with Gasteiger partial charge in [0.1, 0.15) is 0 Å². The number of carbonyl (C=O) groups excluding carboxylic acids is 1. The van der Waals surface area contributed by atoms with E-state index in [1.54, 1.807) is 17.9 Å². The van der Waals surface area contributed by atoms with Gasteiger partial charge in [-0.3, -0.25) is 9.48 Å². The lowest BCUT2D eigenvalue weighted by molar-refractivity contribution is -0.119. The van der Waals surface area contributed by atoms with Crippen molar-refractivity contribution in [1.82, 2.24) is 25.6 Å². The van der Waals surface area contributed by atoms with Crippen LogP contribution >= 0.6 is 0 Å². The summed E-state index contributed by atoms with van der Waals surface area (Å²) in [4.78, 5) is 10.8. The number of hydrogen-bond acceptors (Lipinski definition) is 4. The first-order chi connectivity index (χ1) is 6.83. The number of hydrogen-bond donors (Lipinski definition) is 2. The Morgan fingerprint density at radius 2 is 2.43 bits per heavy atom. The highest BCUT2D eigenvalue weighted by Gasteiger charge is 1.96. The van der Waals surface area contributed by atoms with Crippen molar-refractivity contribution in [3.63, 3.8) is 0 Å². The Morgan fingerprint density at radius 3 is 3.07 bits per heavy atom. The molecule has 0 spiro atoms. The minimum Gasteiger partial charge on any atom is -0.358 e. The predicted molar refractivity (Wildman–Crippen MR) is 51.6 cm³/mol. The normalized spacial score (nSPS) is 10.1. The average Bonchev–Trinajstić information content (AvgIpc) is 2.69. The van der Waals surface area contributed by atoms with Gasteiger partial charge in [-0.2, -0.15) is 0 Å². The third-order valence-electron chi connectivity index (χ3n) is 1.78.